The standard InChI is InChI=1S/C14H18N2O3/c1-14(2,3)19-13(18)16(4)12-8-7-11(10-15-12)6-5-9-17/h7-8,10,17H,9H2,1-4H3. The number of amides is 1. The van der Waals surface area contributed by atoms with Gasteiger partial charge in [0.25, 0.3) is 0 Å². The summed E-state index contributed by atoms with van der Waals surface area (Å²) in [6.45, 7) is 5.22. The molecule has 1 aromatic heterocycles. The second kappa shape index (κ2) is 6.21. The van der Waals surface area contributed by atoms with Crippen LogP contribution in [0.3, 0.4) is 0 Å². The molecule has 0 unspecified atom stereocenters. The van der Waals surface area contributed by atoms with Gasteiger partial charge >= 0.3 is 6.09 Å². The fourth-order valence-corrected chi connectivity index (χ4v) is 1.22. The molecule has 0 aromatic carbocycles. The molecule has 0 saturated carbocycles. The van der Waals surface area contributed by atoms with Crippen LogP contribution < -0.4 is 4.90 Å². The first-order valence-electron chi connectivity index (χ1n) is 5.86. The van der Waals surface area contributed by atoms with Crippen LogP contribution in [0, 0.1) is 11.8 Å². The third-order valence-corrected chi connectivity index (χ3v) is 2.07. The van der Waals surface area contributed by atoms with Crippen molar-refractivity contribution in [2.75, 3.05) is 18.6 Å². The number of ether oxygens (including phenoxy) is 1. The van der Waals surface area contributed by atoms with Crippen LogP contribution in [0.1, 0.15) is 26.3 Å². The molecule has 0 radical (unpaired) electrons. The van der Waals surface area contributed by atoms with E-state index in [-0.39, 0.29) is 6.61 Å². The minimum Gasteiger partial charge on any atom is -0.443 e. The zero-order chi connectivity index (χ0) is 14.5. The molecule has 0 aliphatic rings. The zero-order valence-corrected chi connectivity index (χ0v) is 11.6. The van der Waals surface area contributed by atoms with Crippen molar-refractivity contribution < 1.29 is 14.6 Å². The van der Waals surface area contributed by atoms with E-state index in [0.29, 0.717) is 11.4 Å². The zero-order valence-electron chi connectivity index (χ0n) is 11.6. The Kier molecular flexibility index (Phi) is 4.90. The molecule has 0 spiro atoms. The number of nitrogens with zero attached hydrogens (tertiary/aromatic N) is 2. The minimum absolute atomic E-state index is 0.195. The Morgan fingerprint density at radius 2 is 2.16 bits per heavy atom. The second-order valence-electron chi connectivity index (χ2n) is 4.90. The summed E-state index contributed by atoms with van der Waals surface area (Å²) < 4.78 is 5.24. The van der Waals surface area contributed by atoms with E-state index in [9.17, 15) is 4.79 Å². The first kappa shape index (κ1) is 15.0. The molecule has 0 aliphatic heterocycles. The van der Waals surface area contributed by atoms with E-state index >= 15 is 0 Å². The van der Waals surface area contributed by atoms with Gasteiger partial charge in [0, 0.05) is 18.8 Å². The highest BCUT2D eigenvalue weighted by atomic mass is 16.6. The average molecular weight is 262 g/mol. The molecule has 1 aromatic rings. The summed E-state index contributed by atoms with van der Waals surface area (Å²) in [6, 6.07) is 3.40. The van der Waals surface area contributed by atoms with Gasteiger partial charge in [-0.1, -0.05) is 11.8 Å². The Morgan fingerprint density at radius 3 is 2.63 bits per heavy atom. The summed E-state index contributed by atoms with van der Waals surface area (Å²) in [5, 5.41) is 8.59. The van der Waals surface area contributed by atoms with Crippen molar-refractivity contribution in [3.8, 4) is 11.8 Å². The third-order valence-electron chi connectivity index (χ3n) is 2.07. The summed E-state index contributed by atoms with van der Waals surface area (Å²) in [4.78, 5) is 17.3. The van der Waals surface area contributed by atoms with Crippen molar-refractivity contribution in [1.82, 2.24) is 4.98 Å². The van der Waals surface area contributed by atoms with Crippen LogP contribution >= 0.6 is 0 Å². The van der Waals surface area contributed by atoms with Crippen LogP contribution in [-0.2, 0) is 4.74 Å². The Balaban J connectivity index is 2.78. The number of rotatable bonds is 1. The maximum absolute atomic E-state index is 11.8. The van der Waals surface area contributed by atoms with Crippen LogP contribution in [0.25, 0.3) is 0 Å². The molecule has 0 atom stereocenters. The molecule has 0 bridgehead atoms. The number of carbonyl (C=O) groups excluding carboxylic acids is 1. The lowest BCUT2D eigenvalue weighted by Crippen LogP contribution is -2.34. The summed E-state index contributed by atoms with van der Waals surface area (Å²) >= 11 is 0. The molecule has 19 heavy (non-hydrogen) atoms. The Morgan fingerprint density at radius 1 is 1.47 bits per heavy atom. The van der Waals surface area contributed by atoms with E-state index in [1.165, 1.54) is 4.90 Å². The number of carbonyl (C=O) groups is 1. The lowest BCUT2D eigenvalue weighted by molar-refractivity contribution is 0.0588. The summed E-state index contributed by atoms with van der Waals surface area (Å²) in [5.74, 6) is 5.73. The number of aliphatic hydroxyl groups excluding tert-OH is 1. The van der Waals surface area contributed by atoms with E-state index in [1.807, 2.05) is 0 Å². The largest absolute Gasteiger partial charge is 0.443 e. The van der Waals surface area contributed by atoms with Crippen molar-refractivity contribution >= 4 is 11.9 Å². The molecule has 5 heteroatoms. The van der Waals surface area contributed by atoms with Crippen molar-refractivity contribution in [3.63, 3.8) is 0 Å². The average Bonchev–Trinajstić information content (AvgIpc) is 2.34. The highest BCUT2D eigenvalue weighted by molar-refractivity contribution is 5.85. The number of hydrogen-bond acceptors (Lipinski definition) is 4. The fraction of sp³-hybridized carbons (Fsp3) is 0.429. The summed E-state index contributed by atoms with van der Waals surface area (Å²) in [6.07, 6.45) is 1.08. The van der Waals surface area contributed by atoms with Crippen LogP contribution in [0.15, 0.2) is 18.3 Å². The number of hydrogen-bond donors (Lipinski definition) is 1. The maximum atomic E-state index is 11.8. The van der Waals surface area contributed by atoms with Gasteiger partial charge in [-0.15, -0.1) is 0 Å². The molecule has 0 fully saturated rings. The molecular formula is C14H18N2O3. The highest BCUT2D eigenvalue weighted by Crippen LogP contribution is 2.14. The predicted octanol–water partition coefficient (Wildman–Crippen LogP) is 1.80. The maximum Gasteiger partial charge on any atom is 0.415 e. The fourth-order valence-electron chi connectivity index (χ4n) is 1.22. The van der Waals surface area contributed by atoms with Gasteiger partial charge in [-0.25, -0.2) is 9.78 Å². The van der Waals surface area contributed by atoms with Crippen LogP contribution in [0.2, 0.25) is 0 Å². The molecule has 0 aliphatic carbocycles. The normalized spacial score (nSPS) is 10.4. The molecule has 5 nitrogen and oxygen atoms in total. The topological polar surface area (TPSA) is 62.7 Å². The smallest absolute Gasteiger partial charge is 0.415 e. The van der Waals surface area contributed by atoms with Gasteiger partial charge in [-0.3, -0.25) is 4.90 Å². The quantitative estimate of drug-likeness (QED) is 0.784. The first-order valence-corrected chi connectivity index (χ1v) is 5.86. The van der Waals surface area contributed by atoms with E-state index in [0.717, 1.165) is 0 Å². The molecule has 102 valence electrons. The van der Waals surface area contributed by atoms with Gasteiger partial charge < -0.3 is 9.84 Å². The SMILES string of the molecule is CN(C(=O)OC(C)(C)C)c1ccc(C#CCO)cn1. The van der Waals surface area contributed by atoms with Crippen molar-refractivity contribution in [2.45, 2.75) is 26.4 Å². The van der Waals surface area contributed by atoms with Crippen LogP contribution in [-0.4, -0.2) is 35.4 Å². The molecule has 1 amide bonds. The first-order chi connectivity index (χ1) is 8.83. The van der Waals surface area contributed by atoms with Gasteiger partial charge in [-0.2, -0.15) is 0 Å². The molecule has 1 N–H and O–H groups in total. The Hall–Kier alpha value is -2.06. The van der Waals surface area contributed by atoms with Crippen molar-refractivity contribution in [3.05, 3.63) is 23.9 Å². The minimum atomic E-state index is -0.544. The van der Waals surface area contributed by atoms with Gasteiger partial charge in [-0.05, 0) is 32.9 Å². The Bertz CT molecular complexity index is 492. The molecule has 0 saturated heterocycles. The number of aliphatic hydroxyl groups is 1. The van der Waals surface area contributed by atoms with Gasteiger partial charge in [0.15, 0.2) is 0 Å². The predicted molar refractivity (Wildman–Crippen MR) is 72.8 cm³/mol. The van der Waals surface area contributed by atoms with Gasteiger partial charge in [0.05, 0.1) is 0 Å². The Labute approximate surface area is 113 Å². The van der Waals surface area contributed by atoms with E-state index in [1.54, 1.807) is 46.1 Å². The number of aromatic nitrogens is 1. The number of pyridine rings is 1. The van der Waals surface area contributed by atoms with Crippen LogP contribution in [0.4, 0.5) is 10.6 Å². The molecule has 1 rings (SSSR count). The van der Waals surface area contributed by atoms with E-state index < -0.39 is 11.7 Å². The molecule has 1 heterocycles. The number of anilines is 1. The third kappa shape index (κ3) is 4.98. The van der Waals surface area contributed by atoms with E-state index in [2.05, 4.69) is 16.8 Å². The van der Waals surface area contributed by atoms with Crippen LogP contribution in [0.5, 0.6) is 0 Å². The van der Waals surface area contributed by atoms with Gasteiger partial charge in [0.2, 0.25) is 0 Å². The monoisotopic (exact) mass is 262 g/mol. The summed E-state index contributed by atoms with van der Waals surface area (Å²) in [5.41, 5.74) is 0.133. The van der Waals surface area contributed by atoms with Gasteiger partial charge in [0.1, 0.15) is 18.0 Å². The van der Waals surface area contributed by atoms with E-state index in [4.69, 9.17) is 9.84 Å². The second-order valence-corrected chi connectivity index (χ2v) is 4.90. The molecular weight excluding hydrogens is 244 g/mol. The lowest BCUT2D eigenvalue weighted by atomic mass is 10.2. The van der Waals surface area contributed by atoms with Crippen molar-refractivity contribution in [1.29, 1.82) is 0 Å². The van der Waals surface area contributed by atoms with Crippen molar-refractivity contribution in [2.24, 2.45) is 0 Å². The summed E-state index contributed by atoms with van der Waals surface area (Å²) in [7, 11) is 1.59. The lowest BCUT2D eigenvalue weighted by Gasteiger charge is -2.24. The highest BCUT2D eigenvalue weighted by Gasteiger charge is 2.20.